The fraction of sp³-hybridized carbons (Fsp3) is 0.875. The molecule has 76 valence electrons. The van der Waals surface area contributed by atoms with Crippen LogP contribution in [0.4, 0.5) is 0 Å². The third kappa shape index (κ3) is 2.65. The van der Waals surface area contributed by atoms with Crippen LogP contribution in [0.15, 0.2) is 0 Å². The summed E-state index contributed by atoms with van der Waals surface area (Å²) in [6.45, 7) is 3.09. The zero-order chi connectivity index (χ0) is 10.0. The first-order chi connectivity index (χ1) is 6.00. The maximum Gasteiger partial charge on any atom is 0.217 e. The summed E-state index contributed by atoms with van der Waals surface area (Å²) in [5, 5.41) is 21.3. The molecule has 1 aliphatic heterocycles. The van der Waals surface area contributed by atoms with Gasteiger partial charge in [-0.25, -0.2) is 0 Å². The van der Waals surface area contributed by atoms with E-state index in [0.717, 1.165) is 0 Å². The Morgan fingerprint density at radius 3 is 2.62 bits per heavy atom. The van der Waals surface area contributed by atoms with Crippen molar-refractivity contribution in [3.63, 3.8) is 0 Å². The Morgan fingerprint density at radius 2 is 2.15 bits per heavy atom. The summed E-state index contributed by atoms with van der Waals surface area (Å²) in [6, 6.07) is -0.714. The number of amides is 1. The largest absolute Gasteiger partial charge is 0.391 e. The fourth-order valence-electron chi connectivity index (χ4n) is 1.46. The van der Waals surface area contributed by atoms with Gasteiger partial charge in [0.05, 0.1) is 12.2 Å². The number of aliphatic hydroxyl groups excluding tert-OH is 2. The molecule has 0 bridgehead atoms. The van der Waals surface area contributed by atoms with E-state index < -0.39 is 18.4 Å². The first-order valence-electron chi connectivity index (χ1n) is 4.29. The second-order valence-electron chi connectivity index (χ2n) is 3.37. The molecule has 0 saturated carbocycles. The van der Waals surface area contributed by atoms with Gasteiger partial charge in [0.1, 0.15) is 6.04 Å². The van der Waals surface area contributed by atoms with Crippen LogP contribution < -0.4 is 5.32 Å². The van der Waals surface area contributed by atoms with Crippen LogP contribution in [-0.4, -0.2) is 40.7 Å². The Balaban J connectivity index is 2.56. The van der Waals surface area contributed by atoms with Crippen LogP contribution in [0, 0.1) is 0 Å². The van der Waals surface area contributed by atoms with Crippen molar-refractivity contribution in [3.8, 4) is 0 Å². The van der Waals surface area contributed by atoms with E-state index in [9.17, 15) is 15.0 Å². The fourth-order valence-corrected chi connectivity index (χ4v) is 1.46. The molecule has 1 rings (SSSR count). The first kappa shape index (κ1) is 10.4. The average molecular weight is 189 g/mol. The quantitative estimate of drug-likeness (QED) is 0.493. The summed E-state index contributed by atoms with van der Waals surface area (Å²) in [4.78, 5) is 10.7. The second kappa shape index (κ2) is 4.04. The Labute approximate surface area is 76.7 Å². The summed E-state index contributed by atoms with van der Waals surface area (Å²) in [6.07, 6.45) is -1.64. The van der Waals surface area contributed by atoms with Crippen LogP contribution >= 0.6 is 0 Å². The Kier molecular flexibility index (Phi) is 3.24. The minimum absolute atomic E-state index is 0.185. The third-order valence-corrected chi connectivity index (χ3v) is 2.04. The summed E-state index contributed by atoms with van der Waals surface area (Å²) in [7, 11) is 0. The average Bonchev–Trinajstić information content (AvgIpc) is 1.96. The molecular weight excluding hydrogens is 174 g/mol. The first-order valence-corrected chi connectivity index (χ1v) is 4.29. The topological polar surface area (TPSA) is 78.8 Å². The second-order valence-corrected chi connectivity index (χ2v) is 3.37. The van der Waals surface area contributed by atoms with Crippen LogP contribution in [0.3, 0.4) is 0 Å². The summed E-state index contributed by atoms with van der Waals surface area (Å²) >= 11 is 0. The highest BCUT2D eigenvalue weighted by Crippen LogP contribution is 2.18. The van der Waals surface area contributed by atoms with Crippen molar-refractivity contribution in [2.75, 3.05) is 0 Å². The summed E-state index contributed by atoms with van der Waals surface area (Å²) in [5.74, 6) is -0.291. The molecule has 1 aliphatic rings. The van der Waals surface area contributed by atoms with Gasteiger partial charge in [-0.1, -0.05) is 0 Å². The highest BCUT2D eigenvalue weighted by Gasteiger charge is 2.35. The van der Waals surface area contributed by atoms with Crippen molar-refractivity contribution in [2.45, 2.75) is 44.8 Å². The van der Waals surface area contributed by atoms with Gasteiger partial charge in [0.15, 0.2) is 6.29 Å². The number of carbonyl (C=O) groups is 1. The number of ether oxygens (including phenoxy) is 1. The van der Waals surface area contributed by atoms with Gasteiger partial charge < -0.3 is 20.3 Å². The molecule has 0 aromatic carbocycles. The lowest BCUT2D eigenvalue weighted by atomic mass is 10.0. The monoisotopic (exact) mass is 189 g/mol. The van der Waals surface area contributed by atoms with E-state index in [0.29, 0.717) is 6.42 Å². The molecule has 0 aromatic heterocycles. The molecule has 5 nitrogen and oxygen atoms in total. The molecule has 5 heteroatoms. The van der Waals surface area contributed by atoms with Crippen LogP contribution in [0.2, 0.25) is 0 Å². The van der Waals surface area contributed by atoms with Gasteiger partial charge in [0.25, 0.3) is 0 Å². The predicted octanol–water partition coefficient (Wildman–Crippen LogP) is -1.02. The minimum atomic E-state index is -1.12. The van der Waals surface area contributed by atoms with E-state index >= 15 is 0 Å². The van der Waals surface area contributed by atoms with Gasteiger partial charge in [-0.2, -0.15) is 0 Å². The van der Waals surface area contributed by atoms with Gasteiger partial charge in [-0.05, 0) is 6.92 Å². The van der Waals surface area contributed by atoms with Crippen LogP contribution in [0.5, 0.6) is 0 Å². The van der Waals surface area contributed by atoms with E-state index in [2.05, 4.69) is 5.32 Å². The van der Waals surface area contributed by atoms with Gasteiger partial charge in [-0.15, -0.1) is 0 Å². The zero-order valence-electron chi connectivity index (χ0n) is 7.73. The molecule has 1 heterocycles. The minimum Gasteiger partial charge on any atom is -0.391 e. The number of hydrogen-bond acceptors (Lipinski definition) is 4. The smallest absolute Gasteiger partial charge is 0.217 e. The zero-order valence-corrected chi connectivity index (χ0v) is 7.73. The molecule has 0 aromatic rings. The van der Waals surface area contributed by atoms with E-state index in [1.54, 1.807) is 6.92 Å². The Morgan fingerprint density at radius 1 is 1.54 bits per heavy atom. The van der Waals surface area contributed by atoms with Crippen LogP contribution in [0.25, 0.3) is 0 Å². The molecule has 1 amide bonds. The normalized spacial score (nSPS) is 40.0. The van der Waals surface area contributed by atoms with E-state index in [1.807, 2.05) is 0 Å². The number of carbonyl (C=O) groups excluding carboxylic acids is 1. The molecule has 1 fully saturated rings. The molecule has 1 saturated heterocycles. The molecule has 0 aliphatic carbocycles. The molecule has 4 atom stereocenters. The number of hydrogen-bond donors (Lipinski definition) is 3. The lowest BCUT2D eigenvalue weighted by Crippen LogP contribution is -2.56. The predicted molar refractivity (Wildman–Crippen MR) is 44.8 cm³/mol. The van der Waals surface area contributed by atoms with Crippen LogP contribution in [-0.2, 0) is 9.53 Å². The van der Waals surface area contributed by atoms with Crippen LogP contribution in [0.1, 0.15) is 20.3 Å². The van der Waals surface area contributed by atoms with Gasteiger partial charge in [0, 0.05) is 13.3 Å². The molecule has 0 spiro atoms. The van der Waals surface area contributed by atoms with Crippen molar-refractivity contribution < 1.29 is 19.7 Å². The molecular formula is C8H15NO4. The van der Waals surface area contributed by atoms with Crippen molar-refractivity contribution >= 4 is 5.91 Å². The highest BCUT2D eigenvalue weighted by molar-refractivity contribution is 5.73. The Bertz CT molecular complexity index is 185. The molecule has 0 unspecified atom stereocenters. The molecule has 3 N–H and O–H groups in total. The van der Waals surface area contributed by atoms with E-state index in [4.69, 9.17) is 4.74 Å². The highest BCUT2D eigenvalue weighted by atomic mass is 16.6. The van der Waals surface area contributed by atoms with Gasteiger partial charge in [-0.3, -0.25) is 4.79 Å². The lowest BCUT2D eigenvalue weighted by molar-refractivity contribution is -0.202. The third-order valence-electron chi connectivity index (χ3n) is 2.04. The van der Waals surface area contributed by atoms with E-state index in [-0.39, 0.29) is 12.0 Å². The maximum atomic E-state index is 10.7. The van der Waals surface area contributed by atoms with E-state index in [1.165, 1.54) is 6.92 Å². The number of rotatable bonds is 1. The van der Waals surface area contributed by atoms with Crippen molar-refractivity contribution in [3.05, 3.63) is 0 Å². The Hall–Kier alpha value is -0.650. The van der Waals surface area contributed by atoms with Crippen molar-refractivity contribution in [2.24, 2.45) is 0 Å². The van der Waals surface area contributed by atoms with Gasteiger partial charge >= 0.3 is 0 Å². The van der Waals surface area contributed by atoms with Gasteiger partial charge in [0.2, 0.25) is 5.91 Å². The number of nitrogens with one attached hydrogen (secondary N) is 1. The summed E-state index contributed by atoms with van der Waals surface area (Å²) in [5.41, 5.74) is 0. The van der Waals surface area contributed by atoms with Crippen molar-refractivity contribution in [1.82, 2.24) is 5.32 Å². The summed E-state index contributed by atoms with van der Waals surface area (Å²) < 4.78 is 5.05. The number of aliphatic hydroxyl groups is 2. The standard InChI is InChI=1S/C8H15NO4/c1-4-3-6(11)7(8(12)13-4)9-5(2)10/h4,6-8,11-12H,3H2,1-2H3,(H,9,10)/t4-,6+,7+,8+/m1/s1. The lowest BCUT2D eigenvalue weighted by Gasteiger charge is -2.35. The van der Waals surface area contributed by atoms with Crippen molar-refractivity contribution in [1.29, 1.82) is 0 Å². The SMILES string of the molecule is CC(=O)N[C@H]1[C@@H](O)C[C@@H](C)O[C@@H]1O. The molecule has 0 radical (unpaired) electrons. The molecule has 13 heavy (non-hydrogen) atoms. The maximum absolute atomic E-state index is 10.7.